The van der Waals surface area contributed by atoms with Gasteiger partial charge in [-0.15, -0.1) is 6.58 Å². The molecule has 3 N–H and O–H groups in total. The zero-order chi connectivity index (χ0) is 24.7. The fourth-order valence-electron chi connectivity index (χ4n) is 4.44. The first-order chi connectivity index (χ1) is 16.8. The van der Waals surface area contributed by atoms with E-state index in [1.165, 1.54) is 48.0 Å². The maximum Gasteiger partial charge on any atom is 0.278 e. The van der Waals surface area contributed by atoms with Gasteiger partial charge in [0.25, 0.3) is 5.56 Å². The van der Waals surface area contributed by atoms with E-state index in [-0.39, 0.29) is 17.7 Å². The van der Waals surface area contributed by atoms with Crippen molar-refractivity contribution < 1.29 is 9.50 Å². The molecule has 0 radical (unpaired) electrons. The zero-order valence-electron chi connectivity index (χ0n) is 19.7. The zero-order valence-corrected chi connectivity index (χ0v) is 19.7. The second-order valence-electron chi connectivity index (χ2n) is 9.18. The molecule has 2 aromatic heterocycles. The SMILES string of the molecule is C=CCn1c(=O)c2cnc(Nc3ccc4c(c3)CCNC4)nc2n1-c1ccc(F)c(C(C)(C)O)c1. The van der Waals surface area contributed by atoms with Crippen molar-refractivity contribution in [2.24, 2.45) is 0 Å². The molecule has 180 valence electrons. The molecule has 0 atom stereocenters. The van der Waals surface area contributed by atoms with Crippen LogP contribution in [0.4, 0.5) is 16.0 Å². The van der Waals surface area contributed by atoms with Crippen molar-refractivity contribution >= 4 is 22.7 Å². The van der Waals surface area contributed by atoms with Gasteiger partial charge in [-0.1, -0.05) is 12.1 Å². The third-order valence-electron chi connectivity index (χ3n) is 6.18. The van der Waals surface area contributed by atoms with Crippen LogP contribution in [0.3, 0.4) is 0 Å². The Hall–Kier alpha value is -3.82. The third-order valence-corrected chi connectivity index (χ3v) is 6.18. The smallest absolute Gasteiger partial charge is 0.278 e. The Morgan fingerprint density at radius 3 is 2.86 bits per heavy atom. The quantitative estimate of drug-likeness (QED) is 0.370. The molecule has 0 saturated heterocycles. The Morgan fingerprint density at radius 2 is 2.09 bits per heavy atom. The third kappa shape index (κ3) is 4.24. The monoisotopic (exact) mass is 474 g/mol. The summed E-state index contributed by atoms with van der Waals surface area (Å²) in [5.41, 5.74) is 2.67. The summed E-state index contributed by atoms with van der Waals surface area (Å²) in [7, 11) is 0. The second-order valence-corrected chi connectivity index (χ2v) is 9.18. The van der Waals surface area contributed by atoms with E-state index in [4.69, 9.17) is 0 Å². The number of anilines is 2. The summed E-state index contributed by atoms with van der Waals surface area (Å²) >= 11 is 0. The number of allylic oxidation sites excluding steroid dienone is 1. The number of nitrogens with one attached hydrogen (secondary N) is 2. The number of aromatic nitrogens is 4. The molecule has 9 heteroatoms. The van der Waals surface area contributed by atoms with Crippen molar-refractivity contribution in [1.82, 2.24) is 24.6 Å². The number of halogens is 1. The molecule has 3 heterocycles. The molecule has 0 amide bonds. The minimum absolute atomic E-state index is 0.116. The summed E-state index contributed by atoms with van der Waals surface area (Å²) in [6, 6.07) is 10.5. The van der Waals surface area contributed by atoms with Crippen molar-refractivity contribution in [2.75, 3.05) is 11.9 Å². The standard InChI is InChI=1S/C26H27FN6O2/c1-4-11-32-24(34)20-15-29-25(30-18-6-5-17-14-28-10-9-16(17)12-18)31-23(20)33(32)19-7-8-22(27)21(13-19)26(2,3)35/h4-8,12-13,15,28,35H,1,9-11,14H2,2-3H3,(H,29,30,31). The highest BCUT2D eigenvalue weighted by molar-refractivity contribution is 5.77. The highest BCUT2D eigenvalue weighted by Crippen LogP contribution is 2.27. The van der Waals surface area contributed by atoms with Crippen molar-refractivity contribution in [1.29, 1.82) is 0 Å². The largest absolute Gasteiger partial charge is 0.386 e. The summed E-state index contributed by atoms with van der Waals surface area (Å²) in [6.07, 6.45) is 4.04. The number of nitrogens with zero attached hydrogens (tertiary/aromatic N) is 4. The highest BCUT2D eigenvalue weighted by Gasteiger charge is 2.23. The molecule has 1 aliphatic heterocycles. The molecule has 8 nitrogen and oxygen atoms in total. The number of hydrogen-bond donors (Lipinski definition) is 3. The summed E-state index contributed by atoms with van der Waals surface area (Å²) in [5, 5.41) is 17.4. The molecule has 0 unspecified atom stereocenters. The van der Waals surface area contributed by atoms with Gasteiger partial charge in [0, 0.05) is 24.0 Å². The molecule has 0 aliphatic carbocycles. The molecular weight excluding hydrogens is 447 g/mol. The van der Waals surface area contributed by atoms with Crippen molar-refractivity contribution in [3.8, 4) is 5.69 Å². The number of rotatable bonds is 6. The molecule has 0 saturated carbocycles. The maximum absolute atomic E-state index is 14.5. The number of hydrogen-bond acceptors (Lipinski definition) is 6. The minimum atomic E-state index is -1.41. The van der Waals surface area contributed by atoms with Gasteiger partial charge in [0.1, 0.15) is 11.2 Å². The number of aliphatic hydroxyl groups is 1. The minimum Gasteiger partial charge on any atom is -0.386 e. The summed E-state index contributed by atoms with van der Waals surface area (Å²) in [4.78, 5) is 22.2. The first-order valence-electron chi connectivity index (χ1n) is 11.5. The lowest BCUT2D eigenvalue weighted by molar-refractivity contribution is 0.0745. The van der Waals surface area contributed by atoms with Crippen LogP contribution in [0.25, 0.3) is 16.7 Å². The van der Waals surface area contributed by atoms with E-state index in [9.17, 15) is 14.3 Å². The molecule has 4 aromatic rings. The highest BCUT2D eigenvalue weighted by atomic mass is 19.1. The topological polar surface area (TPSA) is 97.0 Å². The van der Waals surface area contributed by atoms with E-state index in [0.29, 0.717) is 22.7 Å². The Bertz CT molecular complexity index is 1500. The van der Waals surface area contributed by atoms with Crippen LogP contribution in [0, 0.1) is 5.82 Å². The van der Waals surface area contributed by atoms with Crippen molar-refractivity contribution in [3.05, 3.63) is 88.1 Å². The van der Waals surface area contributed by atoms with Gasteiger partial charge >= 0.3 is 0 Å². The summed E-state index contributed by atoms with van der Waals surface area (Å²) in [5.74, 6) is -0.198. The van der Waals surface area contributed by atoms with Crippen LogP contribution in [0.15, 0.2) is 60.0 Å². The molecule has 35 heavy (non-hydrogen) atoms. The normalized spacial score (nSPS) is 13.6. The van der Waals surface area contributed by atoms with Gasteiger partial charge in [-0.25, -0.2) is 18.7 Å². The van der Waals surface area contributed by atoms with Crippen molar-refractivity contribution in [2.45, 2.75) is 39.0 Å². The van der Waals surface area contributed by atoms with Gasteiger partial charge in [-0.05, 0) is 68.3 Å². The van der Waals surface area contributed by atoms with Crippen molar-refractivity contribution in [3.63, 3.8) is 0 Å². The maximum atomic E-state index is 14.5. The first kappa shape index (κ1) is 22.9. The van der Waals surface area contributed by atoms with Crippen LogP contribution in [-0.2, 0) is 25.1 Å². The van der Waals surface area contributed by atoms with Gasteiger partial charge in [-0.3, -0.25) is 4.79 Å². The Kier molecular flexibility index (Phi) is 5.74. The molecule has 0 fully saturated rings. The van der Waals surface area contributed by atoms with Crippen LogP contribution in [-0.4, -0.2) is 31.0 Å². The molecule has 1 aliphatic rings. The lowest BCUT2D eigenvalue weighted by atomic mass is 9.97. The second kappa shape index (κ2) is 8.75. The lowest BCUT2D eigenvalue weighted by Gasteiger charge is -2.20. The average Bonchev–Trinajstić information content (AvgIpc) is 3.10. The number of fused-ring (bicyclic) bond motifs is 2. The van der Waals surface area contributed by atoms with Gasteiger partial charge in [0.2, 0.25) is 5.95 Å². The fourth-order valence-corrected chi connectivity index (χ4v) is 4.44. The predicted molar refractivity (Wildman–Crippen MR) is 134 cm³/mol. The molecule has 0 bridgehead atoms. The lowest BCUT2D eigenvalue weighted by Crippen LogP contribution is -2.23. The van der Waals surface area contributed by atoms with E-state index in [2.05, 4.69) is 39.3 Å². The number of benzene rings is 2. The van der Waals surface area contributed by atoms with E-state index < -0.39 is 11.4 Å². The molecule has 0 spiro atoms. The van der Waals surface area contributed by atoms with E-state index in [1.54, 1.807) is 16.8 Å². The Morgan fingerprint density at radius 1 is 1.26 bits per heavy atom. The van der Waals surface area contributed by atoms with E-state index in [0.717, 1.165) is 25.2 Å². The predicted octanol–water partition coefficient (Wildman–Crippen LogP) is 3.52. The molecular formula is C26H27FN6O2. The van der Waals surface area contributed by atoms with Crippen LogP contribution in [0.1, 0.15) is 30.5 Å². The van der Waals surface area contributed by atoms with Gasteiger partial charge in [0.05, 0.1) is 17.8 Å². The summed E-state index contributed by atoms with van der Waals surface area (Å²) < 4.78 is 17.6. The van der Waals surface area contributed by atoms with E-state index in [1.807, 2.05) is 6.07 Å². The first-order valence-corrected chi connectivity index (χ1v) is 11.5. The van der Waals surface area contributed by atoms with E-state index >= 15 is 0 Å². The Labute approximate surface area is 201 Å². The van der Waals surface area contributed by atoms with Crippen LogP contribution < -0.4 is 16.2 Å². The van der Waals surface area contributed by atoms with Gasteiger partial charge in [0.15, 0.2) is 5.65 Å². The molecule has 2 aromatic carbocycles. The van der Waals surface area contributed by atoms with Crippen LogP contribution in [0.5, 0.6) is 0 Å². The molecule has 5 rings (SSSR count). The summed E-state index contributed by atoms with van der Waals surface area (Å²) in [6.45, 7) is 8.78. The fraction of sp³-hybridized carbons (Fsp3) is 0.269. The van der Waals surface area contributed by atoms with Crippen LogP contribution in [0.2, 0.25) is 0 Å². The van der Waals surface area contributed by atoms with Gasteiger partial charge in [-0.2, -0.15) is 4.98 Å². The average molecular weight is 475 g/mol. The van der Waals surface area contributed by atoms with Gasteiger partial charge < -0.3 is 15.7 Å². The Balaban J connectivity index is 1.63. The van der Waals surface area contributed by atoms with Crippen LogP contribution >= 0.6 is 0 Å².